The van der Waals surface area contributed by atoms with Gasteiger partial charge in [-0.2, -0.15) is 18.3 Å². The molecule has 0 aromatic carbocycles. The van der Waals surface area contributed by atoms with Crippen LogP contribution in [-0.2, 0) is 11.6 Å². The van der Waals surface area contributed by atoms with Gasteiger partial charge in [-0.05, 0) is 69.3 Å². The van der Waals surface area contributed by atoms with E-state index in [2.05, 4.69) is 20.3 Å². The van der Waals surface area contributed by atoms with E-state index >= 15 is 0 Å². The minimum Gasteiger partial charge on any atom is -0.419 e. The summed E-state index contributed by atoms with van der Waals surface area (Å²) >= 11 is 0. The number of aryl methyl sites for hydroxylation is 1. The van der Waals surface area contributed by atoms with Crippen molar-refractivity contribution in [1.82, 2.24) is 24.8 Å². The number of hydrogen-bond acceptors (Lipinski definition) is 5. The highest BCUT2D eigenvalue weighted by atomic mass is 19.4. The Kier molecular flexibility index (Phi) is 3.35. The van der Waals surface area contributed by atoms with Crippen molar-refractivity contribution in [1.29, 1.82) is 0 Å². The third kappa shape index (κ3) is 2.62. The van der Waals surface area contributed by atoms with Crippen LogP contribution in [0.5, 0.6) is 0 Å². The summed E-state index contributed by atoms with van der Waals surface area (Å²) in [6.07, 6.45) is 2.60. The van der Waals surface area contributed by atoms with Crippen molar-refractivity contribution in [3.05, 3.63) is 29.4 Å². The summed E-state index contributed by atoms with van der Waals surface area (Å²) in [4.78, 5) is 4.17. The van der Waals surface area contributed by atoms with Gasteiger partial charge in [0.05, 0.1) is 0 Å². The fourth-order valence-corrected chi connectivity index (χ4v) is 6.32. The first-order valence-electron chi connectivity index (χ1n) is 10.1. The number of rotatable bonds is 2. The Hall–Kier alpha value is -2.45. The number of halogens is 3. The van der Waals surface area contributed by atoms with Crippen molar-refractivity contribution < 1.29 is 17.6 Å². The van der Waals surface area contributed by atoms with Crippen molar-refractivity contribution in [3.8, 4) is 11.6 Å². The van der Waals surface area contributed by atoms with Crippen LogP contribution in [0.15, 0.2) is 16.5 Å². The highest BCUT2D eigenvalue weighted by Gasteiger charge is 2.54. The average Bonchev–Trinajstić information content (AvgIpc) is 3.26. The molecule has 0 atom stereocenters. The van der Waals surface area contributed by atoms with Crippen LogP contribution >= 0.6 is 0 Å². The molecule has 3 aromatic rings. The summed E-state index contributed by atoms with van der Waals surface area (Å²) in [5.74, 6) is 2.98. The van der Waals surface area contributed by atoms with E-state index in [0.29, 0.717) is 5.89 Å². The van der Waals surface area contributed by atoms with Crippen LogP contribution in [0.2, 0.25) is 0 Å². The van der Waals surface area contributed by atoms with Crippen molar-refractivity contribution in [3.63, 3.8) is 0 Å². The molecule has 152 valence electrons. The molecule has 29 heavy (non-hydrogen) atoms. The van der Waals surface area contributed by atoms with Gasteiger partial charge in [-0.3, -0.25) is 0 Å². The quantitative estimate of drug-likeness (QED) is 0.627. The van der Waals surface area contributed by atoms with Crippen molar-refractivity contribution in [2.45, 2.75) is 57.0 Å². The molecule has 0 aliphatic heterocycles. The zero-order chi connectivity index (χ0) is 20.0. The van der Waals surface area contributed by atoms with Gasteiger partial charge in [0.2, 0.25) is 5.89 Å². The SMILES string of the molecule is Cc1cc(C(F)(F)F)n2nc(-c3nnc(C45CC6CC(CC(C6)C4)C5)o3)cc2n1. The van der Waals surface area contributed by atoms with E-state index < -0.39 is 11.9 Å². The lowest BCUT2D eigenvalue weighted by Gasteiger charge is -2.55. The monoisotopic (exact) mass is 403 g/mol. The second-order valence-corrected chi connectivity index (χ2v) is 9.19. The summed E-state index contributed by atoms with van der Waals surface area (Å²) < 4.78 is 47.0. The average molecular weight is 403 g/mol. The van der Waals surface area contributed by atoms with E-state index in [-0.39, 0.29) is 28.3 Å². The molecule has 3 heterocycles. The fourth-order valence-electron chi connectivity index (χ4n) is 6.32. The second kappa shape index (κ2) is 5.58. The smallest absolute Gasteiger partial charge is 0.419 e. The van der Waals surface area contributed by atoms with Gasteiger partial charge in [-0.1, -0.05) is 0 Å². The topological polar surface area (TPSA) is 69.1 Å². The Morgan fingerprint density at radius 1 is 1.03 bits per heavy atom. The molecule has 9 heteroatoms. The highest BCUT2D eigenvalue weighted by molar-refractivity contribution is 5.56. The highest BCUT2D eigenvalue weighted by Crippen LogP contribution is 2.60. The molecular formula is C20H20F3N5O. The van der Waals surface area contributed by atoms with E-state index in [1.807, 2.05) is 0 Å². The zero-order valence-corrected chi connectivity index (χ0v) is 15.9. The maximum Gasteiger partial charge on any atom is 0.433 e. The summed E-state index contributed by atoms with van der Waals surface area (Å²) in [5.41, 5.74) is -0.326. The number of aromatic nitrogens is 5. The molecule has 4 fully saturated rings. The zero-order valence-electron chi connectivity index (χ0n) is 15.9. The molecule has 4 aliphatic rings. The summed E-state index contributed by atoms with van der Waals surface area (Å²) in [7, 11) is 0. The van der Waals surface area contributed by atoms with E-state index in [1.54, 1.807) is 0 Å². The number of hydrogen-bond donors (Lipinski definition) is 0. The third-order valence-corrected chi connectivity index (χ3v) is 6.98. The third-order valence-electron chi connectivity index (χ3n) is 6.98. The number of nitrogens with zero attached hydrogens (tertiary/aromatic N) is 5. The molecule has 4 bridgehead atoms. The molecule has 0 amide bonds. The first kappa shape index (κ1) is 17.4. The van der Waals surface area contributed by atoms with Gasteiger partial charge < -0.3 is 4.42 Å². The van der Waals surface area contributed by atoms with Crippen molar-refractivity contribution in [2.75, 3.05) is 0 Å². The molecule has 7 rings (SSSR count). The van der Waals surface area contributed by atoms with E-state index in [4.69, 9.17) is 4.42 Å². The first-order valence-corrected chi connectivity index (χ1v) is 10.1. The predicted octanol–water partition coefficient (Wildman–Crippen LogP) is 4.57. The van der Waals surface area contributed by atoms with Crippen LogP contribution in [-0.4, -0.2) is 24.8 Å². The number of fused-ring (bicyclic) bond motifs is 1. The van der Waals surface area contributed by atoms with Crippen molar-refractivity contribution in [2.24, 2.45) is 17.8 Å². The van der Waals surface area contributed by atoms with Gasteiger partial charge in [0.25, 0.3) is 5.89 Å². The van der Waals surface area contributed by atoms with Gasteiger partial charge in [0.1, 0.15) is 5.69 Å². The molecule has 6 nitrogen and oxygen atoms in total. The van der Waals surface area contributed by atoms with Gasteiger partial charge in [0.15, 0.2) is 11.3 Å². The Morgan fingerprint density at radius 3 is 2.31 bits per heavy atom. The Morgan fingerprint density at radius 2 is 1.69 bits per heavy atom. The molecule has 0 N–H and O–H groups in total. The summed E-state index contributed by atoms with van der Waals surface area (Å²) in [5, 5.41) is 12.6. The van der Waals surface area contributed by atoms with Gasteiger partial charge in [-0.25, -0.2) is 9.50 Å². The normalized spacial score (nSPS) is 31.1. The molecule has 0 unspecified atom stereocenters. The van der Waals surface area contributed by atoms with Crippen LogP contribution in [0.4, 0.5) is 13.2 Å². The Balaban J connectivity index is 1.40. The Bertz CT molecular complexity index is 1080. The van der Waals surface area contributed by atoms with E-state index in [0.717, 1.165) is 47.6 Å². The minimum atomic E-state index is -4.53. The molecule has 0 spiro atoms. The largest absolute Gasteiger partial charge is 0.433 e. The number of alkyl halides is 3. The lowest BCUT2D eigenvalue weighted by atomic mass is 9.49. The maximum absolute atomic E-state index is 13.4. The predicted molar refractivity (Wildman–Crippen MR) is 95.9 cm³/mol. The second-order valence-electron chi connectivity index (χ2n) is 9.19. The van der Waals surface area contributed by atoms with Crippen LogP contribution in [0.3, 0.4) is 0 Å². The summed E-state index contributed by atoms with van der Waals surface area (Å²) in [6, 6.07) is 2.46. The van der Waals surface area contributed by atoms with Crippen LogP contribution < -0.4 is 0 Å². The fraction of sp³-hybridized carbons (Fsp3) is 0.600. The molecule has 0 saturated heterocycles. The van der Waals surface area contributed by atoms with Gasteiger partial charge in [0, 0.05) is 17.2 Å². The first-order chi connectivity index (χ1) is 13.8. The lowest BCUT2D eigenvalue weighted by molar-refractivity contribution is -0.142. The minimum absolute atomic E-state index is 0.0644. The van der Waals surface area contributed by atoms with Crippen LogP contribution in [0, 0.1) is 24.7 Å². The Labute approximate surface area is 164 Å². The van der Waals surface area contributed by atoms with E-state index in [1.165, 1.54) is 32.3 Å². The maximum atomic E-state index is 13.4. The molecule has 3 aromatic heterocycles. The molecule has 0 radical (unpaired) electrons. The standard InChI is InChI=1S/C20H20F3N5O/c1-10-2-15(20(21,22)23)28-16(24-10)6-14(27-28)17-25-26-18(29-17)19-7-11-3-12(8-19)5-13(4-11)9-19/h2,6,11-13H,3-5,7-9H2,1H3. The van der Waals surface area contributed by atoms with Crippen LogP contribution in [0.25, 0.3) is 17.2 Å². The van der Waals surface area contributed by atoms with Crippen LogP contribution in [0.1, 0.15) is 55.8 Å². The molecule has 4 aliphatic carbocycles. The van der Waals surface area contributed by atoms with Crippen molar-refractivity contribution >= 4 is 5.65 Å². The van der Waals surface area contributed by atoms with Gasteiger partial charge in [-0.15, -0.1) is 10.2 Å². The molecule has 4 saturated carbocycles. The van der Waals surface area contributed by atoms with Gasteiger partial charge >= 0.3 is 6.18 Å². The summed E-state index contributed by atoms with van der Waals surface area (Å²) in [6.45, 7) is 1.53. The van der Waals surface area contributed by atoms with E-state index in [9.17, 15) is 13.2 Å². The lowest BCUT2D eigenvalue weighted by Crippen LogP contribution is -2.48. The molecular weight excluding hydrogens is 383 g/mol.